The predicted molar refractivity (Wildman–Crippen MR) is 124 cm³/mol. The van der Waals surface area contributed by atoms with Crippen LogP contribution in [0.4, 0.5) is 23.1 Å². The fourth-order valence-corrected chi connectivity index (χ4v) is 4.24. The van der Waals surface area contributed by atoms with Crippen LogP contribution in [0.2, 0.25) is 5.02 Å². The molecule has 1 amide bonds. The fourth-order valence-electron chi connectivity index (χ4n) is 4.10. The molecule has 1 atom stereocenters. The lowest BCUT2D eigenvalue weighted by molar-refractivity contribution is -0.117. The lowest BCUT2D eigenvalue weighted by atomic mass is 10.1. The highest BCUT2D eigenvalue weighted by atomic mass is 35.5. The van der Waals surface area contributed by atoms with Crippen LogP contribution < -0.4 is 21.1 Å². The molecule has 1 saturated heterocycles. The summed E-state index contributed by atoms with van der Waals surface area (Å²) in [7, 11) is 1.61. The molecular formula is C22H21ClN6O4. The average molecular weight is 469 g/mol. The van der Waals surface area contributed by atoms with Crippen LogP contribution >= 0.6 is 11.6 Å². The van der Waals surface area contributed by atoms with Gasteiger partial charge in [-0.25, -0.2) is 9.78 Å². The number of fused-ring (bicyclic) bond motifs is 3. The fraction of sp³-hybridized carbons (Fsp3) is 0.318. The molecule has 1 aromatic carbocycles. The van der Waals surface area contributed by atoms with Crippen molar-refractivity contribution in [2.45, 2.75) is 25.8 Å². The summed E-state index contributed by atoms with van der Waals surface area (Å²) in [6.45, 7) is 2.59. The number of pyridine rings is 1. The third-order valence-electron chi connectivity index (χ3n) is 5.76. The molecule has 1 fully saturated rings. The highest BCUT2D eigenvalue weighted by Gasteiger charge is 2.28. The van der Waals surface area contributed by atoms with E-state index in [9.17, 15) is 14.4 Å². The van der Waals surface area contributed by atoms with Crippen molar-refractivity contribution in [3.05, 3.63) is 45.3 Å². The zero-order valence-corrected chi connectivity index (χ0v) is 18.8. The molecule has 0 aliphatic carbocycles. The Labute approximate surface area is 193 Å². The van der Waals surface area contributed by atoms with E-state index in [-0.39, 0.29) is 24.1 Å². The van der Waals surface area contributed by atoms with Crippen molar-refractivity contribution in [1.29, 1.82) is 0 Å². The van der Waals surface area contributed by atoms with Gasteiger partial charge in [0.1, 0.15) is 17.2 Å². The van der Waals surface area contributed by atoms with Crippen molar-refractivity contribution in [3.63, 3.8) is 0 Å². The first-order chi connectivity index (χ1) is 15.8. The summed E-state index contributed by atoms with van der Waals surface area (Å²) in [5.74, 6) is -0.0387. The maximum atomic E-state index is 12.8. The molecule has 5 rings (SSSR count). The first kappa shape index (κ1) is 21.2. The second kappa shape index (κ2) is 8.04. The second-order valence-electron chi connectivity index (χ2n) is 8.13. The van der Waals surface area contributed by atoms with Crippen molar-refractivity contribution < 1.29 is 14.3 Å². The molecule has 3 aromatic rings. The van der Waals surface area contributed by atoms with E-state index in [0.29, 0.717) is 52.0 Å². The summed E-state index contributed by atoms with van der Waals surface area (Å²) in [4.78, 5) is 47.6. The van der Waals surface area contributed by atoms with Gasteiger partial charge in [-0.3, -0.25) is 14.5 Å². The zero-order valence-electron chi connectivity index (χ0n) is 18.0. The van der Waals surface area contributed by atoms with Crippen molar-refractivity contribution in [2.75, 3.05) is 28.7 Å². The lowest BCUT2D eigenvalue weighted by Gasteiger charge is -2.17. The molecular weight excluding hydrogens is 448 g/mol. The molecule has 2 N–H and O–H groups in total. The van der Waals surface area contributed by atoms with Gasteiger partial charge in [0.15, 0.2) is 5.82 Å². The van der Waals surface area contributed by atoms with Crippen LogP contribution in [-0.4, -0.2) is 45.6 Å². The standard InChI is InChI=1S/C22H21ClN6O4/c1-11-10-33-21(32)17-18(25-11)13-8-12(5-6-15(13)28(2)20(17)31)26-19-14(23)9-24-22(27-19)29-7-3-4-16(29)30/h5-6,8-9,11,25H,3-4,7,10H2,1-2H3,(H,24,26,27)/t11-/m0/s1. The van der Waals surface area contributed by atoms with E-state index in [1.807, 2.05) is 13.0 Å². The van der Waals surface area contributed by atoms with Crippen LogP contribution in [0.3, 0.4) is 0 Å². The number of carbonyl (C=O) groups is 2. The van der Waals surface area contributed by atoms with E-state index in [4.69, 9.17) is 16.3 Å². The Morgan fingerprint density at radius 3 is 2.85 bits per heavy atom. The summed E-state index contributed by atoms with van der Waals surface area (Å²) in [5, 5.41) is 7.37. The first-order valence-corrected chi connectivity index (χ1v) is 10.9. The SMILES string of the molecule is C[C@H]1COC(=O)c2c(c3cc(Nc4nc(N5CCCC5=O)ncc4Cl)ccc3n(C)c2=O)N1. The maximum absolute atomic E-state index is 12.8. The molecule has 2 aliphatic rings. The minimum absolute atomic E-state index is 0.0235. The Kier molecular flexibility index (Phi) is 5.16. The van der Waals surface area contributed by atoms with Crippen LogP contribution in [0, 0.1) is 0 Å². The molecule has 0 spiro atoms. The molecule has 4 heterocycles. The topological polar surface area (TPSA) is 118 Å². The van der Waals surface area contributed by atoms with Gasteiger partial charge in [0.25, 0.3) is 5.56 Å². The number of aryl methyl sites for hydroxylation is 1. The molecule has 2 aromatic heterocycles. The van der Waals surface area contributed by atoms with E-state index in [1.54, 1.807) is 19.2 Å². The highest BCUT2D eigenvalue weighted by Crippen LogP contribution is 2.32. The summed E-state index contributed by atoms with van der Waals surface area (Å²) in [6, 6.07) is 5.21. The number of nitrogens with zero attached hydrogens (tertiary/aromatic N) is 4. The number of esters is 1. The third kappa shape index (κ3) is 3.66. The minimum Gasteiger partial charge on any atom is -0.460 e. The van der Waals surface area contributed by atoms with E-state index >= 15 is 0 Å². The van der Waals surface area contributed by atoms with E-state index in [1.165, 1.54) is 15.7 Å². The Balaban J connectivity index is 1.60. The average Bonchev–Trinajstić information content (AvgIpc) is 3.16. The van der Waals surface area contributed by atoms with Gasteiger partial charge in [0, 0.05) is 31.1 Å². The monoisotopic (exact) mass is 468 g/mol. The molecule has 11 heteroatoms. The Hall–Kier alpha value is -3.66. The Bertz CT molecular complexity index is 1370. The number of hydrogen-bond donors (Lipinski definition) is 2. The van der Waals surface area contributed by atoms with Crippen LogP contribution in [0.25, 0.3) is 10.9 Å². The van der Waals surface area contributed by atoms with Crippen molar-refractivity contribution in [2.24, 2.45) is 7.05 Å². The Morgan fingerprint density at radius 1 is 1.27 bits per heavy atom. The Morgan fingerprint density at radius 2 is 2.09 bits per heavy atom. The van der Waals surface area contributed by atoms with E-state index < -0.39 is 11.5 Å². The predicted octanol–water partition coefficient (Wildman–Crippen LogP) is 2.82. The number of rotatable bonds is 3. The smallest absolute Gasteiger partial charge is 0.346 e. The number of hydrogen-bond acceptors (Lipinski definition) is 8. The number of nitrogens with one attached hydrogen (secondary N) is 2. The van der Waals surface area contributed by atoms with Gasteiger partial charge in [0.2, 0.25) is 11.9 Å². The largest absolute Gasteiger partial charge is 0.460 e. The molecule has 33 heavy (non-hydrogen) atoms. The number of benzene rings is 1. The number of cyclic esters (lactones) is 1. The zero-order chi connectivity index (χ0) is 23.3. The summed E-state index contributed by atoms with van der Waals surface area (Å²) in [5.41, 5.74) is 1.26. The van der Waals surface area contributed by atoms with Gasteiger partial charge in [-0.2, -0.15) is 4.98 Å². The number of anilines is 4. The quantitative estimate of drug-likeness (QED) is 0.563. The summed E-state index contributed by atoms with van der Waals surface area (Å²) < 4.78 is 6.66. The van der Waals surface area contributed by atoms with Crippen molar-refractivity contribution >= 4 is 57.5 Å². The number of amides is 1. The number of aromatic nitrogens is 3. The number of ether oxygens (including phenoxy) is 1. The van der Waals surface area contributed by atoms with Gasteiger partial charge in [-0.1, -0.05) is 11.6 Å². The summed E-state index contributed by atoms with van der Waals surface area (Å²) >= 11 is 6.32. The minimum atomic E-state index is -0.651. The maximum Gasteiger partial charge on any atom is 0.346 e. The second-order valence-corrected chi connectivity index (χ2v) is 8.54. The molecule has 10 nitrogen and oxygen atoms in total. The molecule has 0 radical (unpaired) electrons. The first-order valence-electron chi connectivity index (χ1n) is 10.5. The lowest BCUT2D eigenvalue weighted by Crippen LogP contribution is -2.26. The highest BCUT2D eigenvalue weighted by molar-refractivity contribution is 6.33. The molecule has 0 unspecified atom stereocenters. The van der Waals surface area contributed by atoms with E-state index in [0.717, 1.165) is 6.42 Å². The van der Waals surface area contributed by atoms with E-state index in [2.05, 4.69) is 20.6 Å². The third-order valence-corrected chi connectivity index (χ3v) is 6.04. The van der Waals surface area contributed by atoms with Crippen LogP contribution in [-0.2, 0) is 16.6 Å². The van der Waals surface area contributed by atoms with Crippen LogP contribution in [0.5, 0.6) is 0 Å². The molecule has 0 bridgehead atoms. The number of halogens is 1. The van der Waals surface area contributed by atoms with Crippen molar-refractivity contribution in [3.8, 4) is 0 Å². The van der Waals surface area contributed by atoms with Gasteiger partial charge in [-0.05, 0) is 31.5 Å². The summed E-state index contributed by atoms with van der Waals surface area (Å²) in [6.07, 6.45) is 2.68. The number of carbonyl (C=O) groups excluding carboxylic acids is 2. The normalized spacial score (nSPS) is 18.0. The molecule has 2 aliphatic heterocycles. The van der Waals surface area contributed by atoms with Crippen LogP contribution in [0.1, 0.15) is 30.1 Å². The molecule has 170 valence electrons. The van der Waals surface area contributed by atoms with Gasteiger partial charge in [-0.15, -0.1) is 0 Å². The van der Waals surface area contributed by atoms with Gasteiger partial charge in [0.05, 0.1) is 23.4 Å². The van der Waals surface area contributed by atoms with Crippen LogP contribution in [0.15, 0.2) is 29.2 Å². The van der Waals surface area contributed by atoms with Gasteiger partial charge < -0.3 is 19.9 Å². The van der Waals surface area contributed by atoms with Gasteiger partial charge >= 0.3 is 5.97 Å². The molecule has 0 saturated carbocycles. The van der Waals surface area contributed by atoms with Crippen molar-refractivity contribution in [1.82, 2.24) is 14.5 Å².